The highest BCUT2D eigenvalue weighted by Crippen LogP contribution is 2.28. The summed E-state index contributed by atoms with van der Waals surface area (Å²) in [6, 6.07) is 14.6. The fourth-order valence-corrected chi connectivity index (χ4v) is 4.61. The molecule has 0 aromatic heterocycles. The van der Waals surface area contributed by atoms with Crippen LogP contribution in [0, 0.1) is 0 Å². The van der Waals surface area contributed by atoms with Crippen molar-refractivity contribution in [3.8, 4) is 5.75 Å². The number of carbonyl (C=O) groups excluding carboxylic acids is 2. The van der Waals surface area contributed by atoms with Gasteiger partial charge in [0.05, 0.1) is 5.02 Å². The molecule has 1 N–H and O–H groups in total. The predicted octanol–water partition coefficient (Wildman–Crippen LogP) is 5.35. The molecule has 5 nitrogen and oxygen atoms in total. The van der Waals surface area contributed by atoms with Crippen LogP contribution in [0.2, 0.25) is 5.02 Å². The zero-order valence-corrected chi connectivity index (χ0v) is 20.0. The van der Waals surface area contributed by atoms with E-state index in [1.807, 2.05) is 37.3 Å². The van der Waals surface area contributed by atoms with E-state index in [1.54, 1.807) is 23.1 Å². The minimum Gasteiger partial charge on any atom is -0.482 e. The second kappa shape index (κ2) is 11.5. The van der Waals surface area contributed by atoms with E-state index in [-0.39, 0.29) is 24.5 Å². The third-order valence-electron chi connectivity index (χ3n) is 5.53. The zero-order valence-electron chi connectivity index (χ0n) is 17.7. The summed E-state index contributed by atoms with van der Waals surface area (Å²) >= 11 is 9.57. The Morgan fingerprint density at radius 3 is 2.55 bits per heavy atom. The summed E-state index contributed by atoms with van der Waals surface area (Å²) in [4.78, 5) is 27.9. The van der Waals surface area contributed by atoms with Crippen LogP contribution in [0.25, 0.3) is 0 Å². The first-order valence-corrected chi connectivity index (χ1v) is 11.9. The summed E-state index contributed by atoms with van der Waals surface area (Å²) < 4.78 is 6.53. The topological polar surface area (TPSA) is 58.6 Å². The minimum atomic E-state index is -0.558. The van der Waals surface area contributed by atoms with E-state index < -0.39 is 6.04 Å². The average molecular weight is 508 g/mol. The highest BCUT2D eigenvalue weighted by Gasteiger charge is 2.30. The van der Waals surface area contributed by atoms with Crippen molar-refractivity contribution in [2.24, 2.45) is 0 Å². The molecule has 2 amide bonds. The number of rotatable bonds is 9. The Morgan fingerprint density at radius 1 is 1.19 bits per heavy atom. The van der Waals surface area contributed by atoms with Gasteiger partial charge in [-0.3, -0.25) is 9.59 Å². The maximum atomic E-state index is 13.2. The van der Waals surface area contributed by atoms with Gasteiger partial charge < -0.3 is 15.0 Å². The first-order chi connectivity index (χ1) is 15.0. The lowest BCUT2D eigenvalue weighted by Gasteiger charge is -2.31. The number of amides is 2. The molecule has 0 aliphatic heterocycles. The Balaban J connectivity index is 1.74. The molecule has 2 aromatic rings. The Bertz CT molecular complexity index is 888. The summed E-state index contributed by atoms with van der Waals surface area (Å²) in [6.07, 6.45) is 4.79. The van der Waals surface area contributed by atoms with Gasteiger partial charge in [-0.05, 0) is 43.0 Å². The predicted molar refractivity (Wildman–Crippen MR) is 126 cm³/mol. The Morgan fingerprint density at radius 2 is 1.90 bits per heavy atom. The number of nitrogens with one attached hydrogen (secondary N) is 1. The van der Waals surface area contributed by atoms with Gasteiger partial charge in [0.25, 0.3) is 5.91 Å². The Hall–Kier alpha value is -2.05. The smallest absolute Gasteiger partial charge is 0.261 e. The zero-order chi connectivity index (χ0) is 22.2. The highest BCUT2D eigenvalue weighted by molar-refractivity contribution is 9.10. The summed E-state index contributed by atoms with van der Waals surface area (Å²) in [7, 11) is 0. The molecule has 7 heteroatoms. The van der Waals surface area contributed by atoms with Crippen molar-refractivity contribution >= 4 is 39.3 Å². The maximum Gasteiger partial charge on any atom is 0.261 e. The lowest BCUT2D eigenvalue weighted by Crippen LogP contribution is -2.52. The molecule has 0 radical (unpaired) electrons. The molecule has 0 spiro atoms. The van der Waals surface area contributed by atoms with Gasteiger partial charge in [0.2, 0.25) is 5.91 Å². The number of nitrogens with zero attached hydrogens (tertiary/aromatic N) is 1. The molecule has 1 saturated carbocycles. The molecule has 2 aromatic carbocycles. The molecule has 1 atom stereocenters. The SMILES string of the molecule is CC[C@@H](C(=O)NC1CCCC1)N(Cc1ccccc1)C(=O)COc1ccc(Br)cc1Cl. The third-order valence-corrected chi connectivity index (χ3v) is 6.32. The maximum absolute atomic E-state index is 13.2. The summed E-state index contributed by atoms with van der Waals surface area (Å²) in [5, 5.41) is 3.56. The van der Waals surface area contributed by atoms with Crippen molar-refractivity contribution < 1.29 is 14.3 Å². The molecule has 0 heterocycles. The first kappa shape index (κ1) is 23.6. The minimum absolute atomic E-state index is 0.0969. The second-order valence-corrected chi connectivity index (χ2v) is 9.11. The van der Waals surface area contributed by atoms with Gasteiger partial charge in [-0.15, -0.1) is 0 Å². The van der Waals surface area contributed by atoms with Gasteiger partial charge in [0.1, 0.15) is 11.8 Å². The molecular weight excluding hydrogens is 480 g/mol. The molecule has 1 aliphatic carbocycles. The van der Waals surface area contributed by atoms with E-state index in [0.29, 0.717) is 23.7 Å². The molecule has 166 valence electrons. The van der Waals surface area contributed by atoms with Crippen LogP contribution in [0.3, 0.4) is 0 Å². The third kappa shape index (κ3) is 6.71. The van der Waals surface area contributed by atoms with Crippen molar-refractivity contribution in [2.75, 3.05) is 6.61 Å². The number of ether oxygens (including phenoxy) is 1. The van der Waals surface area contributed by atoms with Crippen molar-refractivity contribution in [1.29, 1.82) is 0 Å². The normalized spacial score (nSPS) is 14.8. The summed E-state index contributed by atoms with van der Waals surface area (Å²) in [5.74, 6) is 0.0814. The standard InChI is InChI=1S/C24H28BrClN2O3/c1-2-21(24(30)27-19-10-6-7-11-19)28(15-17-8-4-3-5-9-17)23(29)16-31-22-13-12-18(25)14-20(22)26/h3-5,8-9,12-14,19,21H,2,6-7,10-11,15-16H2,1H3,(H,27,30)/t21-/m0/s1. The van der Waals surface area contributed by atoms with Crippen LogP contribution in [0.15, 0.2) is 53.0 Å². The lowest BCUT2D eigenvalue weighted by atomic mass is 10.1. The molecule has 0 bridgehead atoms. The number of benzene rings is 2. The van der Waals surface area contributed by atoms with E-state index in [4.69, 9.17) is 16.3 Å². The second-order valence-electron chi connectivity index (χ2n) is 7.78. The van der Waals surface area contributed by atoms with Crippen LogP contribution >= 0.6 is 27.5 Å². The molecular formula is C24H28BrClN2O3. The van der Waals surface area contributed by atoms with Crippen molar-refractivity contribution in [3.05, 3.63) is 63.6 Å². The Kier molecular flexibility index (Phi) is 8.79. The van der Waals surface area contributed by atoms with Crippen LogP contribution in [-0.2, 0) is 16.1 Å². The molecule has 0 saturated heterocycles. The van der Waals surface area contributed by atoms with E-state index in [0.717, 1.165) is 35.7 Å². The number of hydrogen-bond donors (Lipinski definition) is 1. The van der Waals surface area contributed by atoms with E-state index in [2.05, 4.69) is 21.2 Å². The van der Waals surface area contributed by atoms with Gasteiger partial charge in [-0.1, -0.05) is 77.6 Å². The average Bonchev–Trinajstić information content (AvgIpc) is 3.26. The van der Waals surface area contributed by atoms with Gasteiger partial charge in [0, 0.05) is 17.1 Å². The van der Waals surface area contributed by atoms with Gasteiger partial charge in [-0.25, -0.2) is 0 Å². The van der Waals surface area contributed by atoms with Crippen molar-refractivity contribution in [3.63, 3.8) is 0 Å². The highest BCUT2D eigenvalue weighted by atomic mass is 79.9. The van der Waals surface area contributed by atoms with Crippen LogP contribution in [0.1, 0.15) is 44.6 Å². The summed E-state index contributed by atoms with van der Waals surface area (Å²) in [5.41, 5.74) is 0.963. The van der Waals surface area contributed by atoms with E-state index >= 15 is 0 Å². The first-order valence-electron chi connectivity index (χ1n) is 10.7. The van der Waals surface area contributed by atoms with Crippen LogP contribution in [-0.4, -0.2) is 35.4 Å². The monoisotopic (exact) mass is 506 g/mol. The lowest BCUT2D eigenvalue weighted by molar-refractivity contribution is -0.143. The fourth-order valence-electron chi connectivity index (χ4n) is 3.88. The molecule has 1 aliphatic rings. The number of hydrogen-bond acceptors (Lipinski definition) is 3. The van der Waals surface area contributed by atoms with Crippen LogP contribution in [0.5, 0.6) is 5.75 Å². The molecule has 31 heavy (non-hydrogen) atoms. The number of halogens is 2. The Labute approximate surface area is 197 Å². The van der Waals surface area contributed by atoms with E-state index in [1.165, 1.54) is 0 Å². The quantitative estimate of drug-likeness (QED) is 0.498. The van der Waals surface area contributed by atoms with Gasteiger partial charge in [0.15, 0.2) is 6.61 Å². The molecule has 3 rings (SSSR count). The fraction of sp³-hybridized carbons (Fsp3) is 0.417. The number of carbonyl (C=O) groups is 2. The van der Waals surface area contributed by atoms with Gasteiger partial charge >= 0.3 is 0 Å². The van der Waals surface area contributed by atoms with Gasteiger partial charge in [-0.2, -0.15) is 0 Å². The largest absolute Gasteiger partial charge is 0.482 e. The van der Waals surface area contributed by atoms with Crippen molar-refractivity contribution in [1.82, 2.24) is 10.2 Å². The van der Waals surface area contributed by atoms with Crippen molar-refractivity contribution in [2.45, 2.75) is 57.7 Å². The van der Waals surface area contributed by atoms with E-state index in [9.17, 15) is 9.59 Å². The summed E-state index contributed by atoms with van der Waals surface area (Å²) in [6.45, 7) is 2.08. The van der Waals surface area contributed by atoms with Crippen LogP contribution in [0.4, 0.5) is 0 Å². The molecule has 0 unspecified atom stereocenters. The van der Waals surface area contributed by atoms with Crippen LogP contribution < -0.4 is 10.1 Å². The molecule has 1 fully saturated rings.